The maximum atomic E-state index is 12.7. The molecule has 0 aliphatic heterocycles. The molecule has 0 fully saturated rings. The molecule has 0 amide bonds. The molecule has 0 aliphatic carbocycles. The van der Waals surface area contributed by atoms with Crippen LogP contribution >= 0.6 is 11.6 Å². The van der Waals surface area contributed by atoms with Crippen molar-refractivity contribution >= 4 is 21.8 Å². The van der Waals surface area contributed by atoms with Crippen molar-refractivity contribution in [1.82, 2.24) is 14.8 Å². The van der Waals surface area contributed by atoms with Gasteiger partial charge in [0.05, 0.1) is 23.0 Å². The lowest BCUT2D eigenvalue weighted by Gasteiger charge is -2.08. The second kappa shape index (κ2) is 4.70. The predicted molar refractivity (Wildman–Crippen MR) is 59.7 cm³/mol. The Kier molecular flexibility index (Phi) is 3.46. The first-order chi connectivity index (χ1) is 9.09. The van der Waals surface area contributed by atoms with Gasteiger partial charge >= 0.3 is 16.4 Å². The minimum Gasteiger partial charge on any atom is -0.235 e. The third-order valence-corrected chi connectivity index (χ3v) is 3.26. The van der Waals surface area contributed by atoms with Crippen LogP contribution in [-0.4, -0.2) is 23.2 Å². The van der Waals surface area contributed by atoms with E-state index in [0.29, 0.717) is 18.5 Å². The zero-order valence-corrected chi connectivity index (χ0v) is 10.8. The van der Waals surface area contributed by atoms with Crippen LogP contribution in [0.15, 0.2) is 29.6 Å². The fraction of sp³-hybridized carbons (Fsp3) is 0.111. The number of hydrogen-bond donors (Lipinski definition) is 0. The standard InChI is InChI=1S/C9H4ClF4N3O2S/c10-7-1-5(9(11,12)13)2-15-8(7)17-4-6(3-16-17)20(14,18)19/h1-4H. The first-order valence-corrected chi connectivity index (χ1v) is 6.57. The molecule has 0 saturated heterocycles. The van der Waals surface area contributed by atoms with Crippen molar-refractivity contribution in [2.24, 2.45) is 0 Å². The normalized spacial score (nSPS) is 12.7. The molecule has 0 atom stereocenters. The number of aromatic nitrogens is 3. The van der Waals surface area contributed by atoms with Crippen LogP contribution in [0, 0.1) is 0 Å². The van der Waals surface area contributed by atoms with Gasteiger partial charge in [0.1, 0.15) is 4.90 Å². The predicted octanol–water partition coefficient (Wildman–Crippen LogP) is 2.60. The summed E-state index contributed by atoms with van der Waals surface area (Å²) in [6.07, 6.45) is -2.68. The molecule has 2 rings (SSSR count). The maximum absolute atomic E-state index is 12.7. The van der Waals surface area contributed by atoms with Crippen LogP contribution in [0.1, 0.15) is 5.56 Å². The highest BCUT2D eigenvalue weighted by molar-refractivity contribution is 7.86. The van der Waals surface area contributed by atoms with E-state index >= 15 is 0 Å². The largest absolute Gasteiger partial charge is 0.417 e. The summed E-state index contributed by atoms with van der Waals surface area (Å²) >= 11 is 5.63. The van der Waals surface area contributed by atoms with E-state index in [1.807, 2.05) is 0 Å². The molecule has 0 saturated carbocycles. The molecule has 2 heterocycles. The van der Waals surface area contributed by atoms with Crippen LogP contribution in [0.3, 0.4) is 0 Å². The molecule has 5 nitrogen and oxygen atoms in total. The van der Waals surface area contributed by atoms with Gasteiger partial charge in [-0.2, -0.15) is 26.7 Å². The Morgan fingerprint density at radius 1 is 1.25 bits per heavy atom. The lowest BCUT2D eigenvalue weighted by atomic mass is 10.3. The van der Waals surface area contributed by atoms with E-state index < -0.39 is 31.9 Å². The second-order valence-corrected chi connectivity index (χ2v) is 5.34. The average Bonchev–Trinajstić information content (AvgIpc) is 2.76. The van der Waals surface area contributed by atoms with Gasteiger partial charge in [-0.15, -0.1) is 3.89 Å². The number of halogens is 5. The monoisotopic (exact) mass is 329 g/mol. The Balaban J connectivity index is 2.47. The highest BCUT2D eigenvalue weighted by Crippen LogP contribution is 2.31. The van der Waals surface area contributed by atoms with Gasteiger partial charge in [0.2, 0.25) is 0 Å². The van der Waals surface area contributed by atoms with Gasteiger partial charge in [-0.1, -0.05) is 11.6 Å². The van der Waals surface area contributed by atoms with Crippen molar-refractivity contribution in [2.45, 2.75) is 11.1 Å². The Bertz CT molecular complexity index is 757. The highest BCUT2D eigenvalue weighted by atomic mass is 35.5. The average molecular weight is 330 g/mol. The molecular formula is C9H4ClF4N3O2S. The van der Waals surface area contributed by atoms with Gasteiger partial charge < -0.3 is 0 Å². The third-order valence-electron chi connectivity index (χ3n) is 2.21. The number of pyridine rings is 1. The van der Waals surface area contributed by atoms with Crippen LogP contribution < -0.4 is 0 Å². The molecule has 11 heteroatoms. The van der Waals surface area contributed by atoms with Gasteiger partial charge in [0.25, 0.3) is 0 Å². The minimum atomic E-state index is -4.97. The van der Waals surface area contributed by atoms with E-state index in [2.05, 4.69) is 10.1 Å². The molecule has 0 spiro atoms. The second-order valence-electron chi connectivity index (χ2n) is 3.59. The summed E-state index contributed by atoms with van der Waals surface area (Å²) in [5.41, 5.74) is -1.07. The van der Waals surface area contributed by atoms with E-state index in [4.69, 9.17) is 11.6 Å². The summed E-state index contributed by atoms with van der Waals surface area (Å²) < 4.78 is 71.9. The molecule has 0 aromatic carbocycles. The van der Waals surface area contributed by atoms with Crippen molar-refractivity contribution in [3.63, 3.8) is 0 Å². The van der Waals surface area contributed by atoms with Crippen LogP contribution in [0.2, 0.25) is 5.02 Å². The van der Waals surface area contributed by atoms with E-state index in [1.54, 1.807) is 0 Å². The molecule has 20 heavy (non-hydrogen) atoms. The van der Waals surface area contributed by atoms with E-state index in [0.717, 1.165) is 10.9 Å². The zero-order valence-electron chi connectivity index (χ0n) is 9.27. The topological polar surface area (TPSA) is 64.8 Å². The summed E-state index contributed by atoms with van der Waals surface area (Å²) in [5.74, 6) is -0.255. The summed E-state index contributed by atoms with van der Waals surface area (Å²) in [5, 5.41) is 3.06. The summed E-state index contributed by atoms with van der Waals surface area (Å²) in [6, 6.07) is 0.606. The zero-order chi connectivity index (χ0) is 15.1. The Labute approximate surface area is 115 Å². The smallest absolute Gasteiger partial charge is 0.235 e. The van der Waals surface area contributed by atoms with Crippen LogP contribution in [0.25, 0.3) is 5.82 Å². The van der Waals surface area contributed by atoms with Crippen molar-refractivity contribution < 1.29 is 25.5 Å². The SMILES string of the molecule is O=S(=O)(F)c1cnn(-c2ncc(C(F)(F)F)cc2Cl)c1. The summed E-state index contributed by atoms with van der Waals surface area (Å²) in [7, 11) is -4.97. The van der Waals surface area contributed by atoms with Gasteiger partial charge in [0.15, 0.2) is 5.82 Å². The van der Waals surface area contributed by atoms with E-state index in [-0.39, 0.29) is 5.82 Å². The van der Waals surface area contributed by atoms with Crippen LogP contribution in [0.4, 0.5) is 17.1 Å². The molecule has 0 bridgehead atoms. The van der Waals surface area contributed by atoms with Gasteiger partial charge in [0, 0.05) is 6.20 Å². The van der Waals surface area contributed by atoms with Crippen LogP contribution in [-0.2, 0) is 16.4 Å². The van der Waals surface area contributed by atoms with Crippen LogP contribution in [0.5, 0.6) is 0 Å². The molecule has 0 aliphatic rings. The minimum absolute atomic E-state index is 0.255. The van der Waals surface area contributed by atoms with Gasteiger partial charge in [-0.25, -0.2) is 9.67 Å². The molecule has 0 radical (unpaired) electrons. The van der Waals surface area contributed by atoms with E-state index in [1.165, 1.54) is 0 Å². The Morgan fingerprint density at radius 3 is 2.35 bits per heavy atom. The number of hydrogen-bond acceptors (Lipinski definition) is 4. The summed E-state index contributed by atoms with van der Waals surface area (Å²) in [4.78, 5) is 2.69. The lowest BCUT2D eigenvalue weighted by Crippen LogP contribution is -2.07. The summed E-state index contributed by atoms with van der Waals surface area (Å²) in [6.45, 7) is 0. The van der Waals surface area contributed by atoms with E-state index in [9.17, 15) is 25.5 Å². The third kappa shape index (κ3) is 2.90. The number of rotatable bonds is 2. The maximum Gasteiger partial charge on any atom is 0.417 e. The van der Waals surface area contributed by atoms with Gasteiger partial charge in [-0.3, -0.25) is 0 Å². The Morgan fingerprint density at radius 2 is 1.90 bits per heavy atom. The fourth-order valence-corrected chi connectivity index (χ4v) is 1.95. The van der Waals surface area contributed by atoms with Gasteiger partial charge in [-0.05, 0) is 6.07 Å². The molecule has 2 aromatic rings. The van der Waals surface area contributed by atoms with Crippen molar-refractivity contribution in [3.8, 4) is 5.82 Å². The molecule has 2 aromatic heterocycles. The molecule has 0 unspecified atom stereocenters. The van der Waals surface area contributed by atoms with Crippen molar-refractivity contribution in [2.75, 3.05) is 0 Å². The fourth-order valence-electron chi connectivity index (χ4n) is 1.30. The first-order valence-electron chi connectivity index (χ1n) is 4.81. The first kappa shape index (κ1) is 14.7. The van der Waals surface area contributed by atoms with Crippen molar-refractivity contribution in [1.29, 1.82) is 0 Å². The quantitative estimate of drug-likeness (QED) is 0.627. The molecular weight excluding hydrogens is 326 g/mol. The Hall–Kier alpha value is -1.68. The molecule has 108 valence electrons. The molecule has 0 N–H and O–H groups in total. The van der Waals surface area contributed by atoms with Crippen molar-refractivity contribution in [3.05, 3.63) is 35.2 Å². The number of alkyl halides is 3. The number of nitrogens with zero attached hydrogens (tertiary/aromatic N) is 3. The highest BCUT2D eigenvalue weighted by Gasteiger charge is 2.31. The lowest BCUT2D eigenvalue weighted by molar-refractivity contribution is -0.137.